The Labute approximate surface area is 143 Å². The molecule has 0 atom stereocenters. The number of nitrogens with zero attached hydrogens (tertiary/aromatic N) is 3. The summed E-state index contributed by atoms with van der Waals surface area (Å²) >= 11 is 1.39. The molecule has 0 fully saturated rings. The van der Waals surface area contributed by atoms with Crippen molar-refractivity contribution in [2.24, 2.45) is 7.05 Å². The van der Waals surface area contributed by atoms with Crippen molar-refractivity contribution in [1.29, 1.82) is 0 Å². The smallest absolute Gasteiger partial charge is 0.300 e. The summed E-state index contributed by atoms with van der Waals surface area (Å²) in [5.41, 5.74) is 2.21. The molecule has 126 valence electrons. The zero-order valence-corrected chi connectivity index (χ0v) is 15.0. The Balaban J connectivity index is 1.82. The van der Waals surface area contributed by atoms with Crippen LogP contribution in [0.3, 0.4) is 0 Å². The van der Waals surface area contributed by atoms with Crippen LogP contribution in [0.15, 0.2) is 34.4 Å². The summed E-state index contributed by atoms with van der Waals surface area (Å²) in [6.45, 7) is 6.18. The van der Waals surface area contributed by atoms with E-state index >= 15 is 0 Å². The SMILES string of the molecule is Cn1c(=O)n(CC(=O)Nc2nc(C(C)(C)C)cs2)c2ccccc21. The fourth-order valence-electron chi connectivity index (χ4n) is 2.49. The van der Waals surface area contributed by atoms with Gasteiger partial charge in [-0.2, -0.15) is 0 Å². The number of thiazole rings is 1. The van der Waals surface area contributed by atoms with E-state index < -0.39 is 0 Å². The van der Waals surface area contributed by atoms with E-state index in [1.165, 1.54) is 15.9 Å². The molecule has 0 saturated carbocycles. The molecule has 24 heavy (non-hydrogen) atoms. The van der Waals surface area contributed by atoms with Gasteiger partial charge in [0, 0.05) is 17.8 Å². The van der Waals surface area contributed by atoms with Gasteiger partial charge in [0.1, 0.15) is 6.54 Å². The first-order valence-electron chi connectivity index (χ1n) is 7.67. The van der Waals surface area contributed by atoms with Gasteiger partial charge in [-0.3, -0.25) is 13.9 Å². The number of carbonyl (C=O) groups excluding carboxylic acids is 1. The van der Waals surface area contributed by atoms with Crippen molar-refractivity contribution < 1.29 is 4.79 Å². The minimum Gasteiger partial charge on any atom is -0.300 e. The second-order valence-electron chi connectivity index (χ2n) is 6.75. The number of nitrogens with one attached hydrogen (secondary N) is 1. The number of carbonyl (C=O) groups is 1. The van der Waals surface area contributed by atoms with Crippen molar-refractivity contribution in [3.8, 4) is 0 Å². The Morgan fingerprint density at radius 1 is 1.25 bits per heavy atom. The van der Waals surface area contributed by atoms with E-state index in [1.807, 2.05) is 29.6 Å². The lowest BCUT2D eigenvalue weighted by atomic mass is 9.93. The average molecular weight is 344 g/mol. The van der Waals surface area contributed by atoms with Gasteiger partial charge in [0.05, 0.1) is 16.7 Å². The highest BCUT2D eigenvalue weighted by Crippen LogP contribution is 2.26. The number of aryl methyl sites for hydroxylation is 1. The first kappa shape index (κ1) is 16.4. The van der Waals surface area contributed by atoms with Crippen molar-refractivity contribution in [2.75, 3.05) is 5.32 Å². The van der Waals surface area contributed by atoms with Crippen LogP contribution in [0, 0.1) is 0 Å². The van der Waals surface area contributed by atoms with Crippen LogP contribution in [-0.4, -0.2) is 20.0 Å². The number of fused-ring (bicyclic) bond motifs is 1. The molecular weight excluding hydrogens is 324 g/mol. The summed E-state index contributed by atoms with van der Waals surface area (Å²) in [5.74, 6) is -0.261. The molecule has 0 aliphatic carbocycles. The summed E-state index contributed by atoms with van der Waals surface area (Å²) in [5, 5.41) is 5.28. The number of para-hydroxylation sites is 2. The number of amides is 1. The van der Waals surface area contributed by atoms with Gasteiger partial charge >= 0.3 is 5.69 Å². The molecule has 0 saturated heterocycles. The maximum absolute atomic E-state index is 12.3. The van der Waals surface area contributed by atoms with E-state index in [2.05, 4.69) is 31.1 Å². The number of rotatable bonds is 3. The number of imidazole rings is 1. The minimum absolute atomic E-state index is 0.0371. The average Bonchev–Trinajstić information content (AvgIpc) is 3.07. The standard InChI is InChI=1S/C17H20N4O2S/c1-17(2,3)13-10-24-15(18-13)19-14(22)9-21-12-8-6-5-7-11(12)20(4)16(21)23/h5-8,10H,9H2,1-4H3,(H,18,19,22). The van der Waals surface area contributed by atoms with Crippen LogP contribution in [0.5, 0.6) is 0 Å². The summed E-state index contributed by atoms with van der Waals surface area (Å²) in [6, 6.07) is 7.43. The van der Waals surface area contributed by atoms with Crippen LogP contribution in [0.2, 0.25) is 0 Å². The molecule has 0 aliphatic rings. The molecule has 0 spiro atoms. The van der Waals surface area contributed by atoms with Gasteiger partial charge in [0.2, 0.25) is 5.91 Å². The van der Waals surface area contributed by atoms with Gasteiger partial charge in [-0.05, 0) is 12.1 Å². The summed E-state index contributed by atoms with van der Waals surface area (Å²) in [6.07, 6.45) is 0. The van der Waals surface area contributed by atoms with Crippen LogP contribution < -0.4 is 11.0 Å². The Morgan fingerprint density at radius 3 is 2.54 bits per heavy atom. The van der Waals surface area contributed by atoms with Crippen LogP contribution in [-0.2, 0) is 23.8 Å². The largest absolute Gasteiger partial charge is 0.329 e. The molecule has 1 N–H and O–H groups in total. The Bertz CT molecular complexity index is 959. The van der Waals surface area contributed by atoms with E-state index in [0.29, 0.717) is 5.13 Å². The molecule has 7 heteroatoms. The number of hydrogen-bond acceptors (Lipinski definition) is 4. The monoisotopic (exact) mass is 344 g/mol. The van der Waals surface area contributed by atoms with E-state index in [9.17, 15) is 9.59 Å². The third-order valence-electron chi connectivity index (χ3n) is 3.87. The molecule has 2 heterocycles. The fourth-order valence-corrected chi connectivity index (χ4v) is 3.45. The van der Waals surface area contributed by atoms with Crippen LogP contribution in [0.1, 0.15) is 26.5 Å². The Morgan fingerprint density at radius 2 is 1.92 bits per heavy atom. The molecule has 3 rings (SSSR count). The number of anilines is 1. The predicted molar refractivity (Wildman–Crippen MR) is 96.6 cm³/mol. The lowest BCUT2D eigenvalue weighted by Gasteiger charge is -2.14. The second kappa shape index (κ2) is 5.90. The van der Waals surface area contributed by atoms with Gasteiger partial charge in [-0.1, -0.05) is 32.9 Å². The van der Waals surface area contributed by atoms with Crippen LogP contribution in [0.25, 0.3) is 11.0 Å². The summed E-state index contributed by atoms with van der Waals surface area (Å²) in [4.78, 5) is 29.1. The zero-order chi connectivity index (χ0) is 17.5. The molecular formula is C17H20N4O2S. The van der Waals surface area contributed by atoms with Crippen molar-refractivity contribution in [3.05, 3.63) is 45.8 Å². The first-order chi connectivity index (χ1) is 11.3. The molecule has 1 amide bonds. The topological polar surface area (TPSA) is 68.9 Å². The molecule has 0 unspecified atom stereocenters. The van der Waals surface area contributed by atoms with E-state index in [1.54, 1.807) is 11.6 Å². The van der Waals surface area contributed by atoms with E-state index in [-0.39, 0.29) is 23.6 Å². The molecule has 2 aromatic heterocycles. The Kier molecular flexibility index (Phi) is 4.04. The molecule has 0 radical (unpaired) electrons. The van der Waals surface area contributed by atoms with Crippen molar-refractivity contribution in [1.82, 2.24) is 14.1 Å². The van der Waals surface area contributed by atoms with Crippen LogP contribution in [0.4, 0.5) is 5.13 Å². The number of aromatic nitrogens is 3. The first-order valence-corrected chi connectivity index (χ1v) is 8.55. The van der Waals surface area contributed by atoms with Gasteiger partial charge in [0.25, 0.3) is 0 Å². The lowest BCUT2D eigenvalue weighted by molar-refractivity contribution is -0.116. The van der Waals surface area contributed by atoms with E-state index in [0.717, 1.165) is 16.7 Å². The van der Waals surface area contributed by atoms with Gasteiger partial charge in [-0.15, -0.1) is 11.3 Å². The molecule has 3 aromatic rings. The third kappa shape index (κ3) is 2.99. The summed E-state index contributed by atoms with van der Waals surface area (Å²) in [7, 11) is 1.70. The maximum Gasteiger partial charge on any atom is 0.329 e. The lowest BCUT2D eigenvalue weighted by Crippen LogP contribution is -2.28. The molecule has 0 bridgehead atoms. The number of benzene rings is 1. The van der Waals surface area contributed by atoms with Crippen molar-refractivity contribution >= 4 is 33.4 Å². The second-order valence-corrected chi connectivity index (χ2v) is 7.61. The predicted octanol–water partition coefficient (Wildman–Crippen LogP) is 2.73. The molecule has 0 aliphatic heterocycles. The third-order valence-corrected chi connectivity index (χ3v) is 4.63. The number of hydrogen-bond donors (Lipinski definition) is 1. The van der Waals surface area contributed by atoms with E-state index in [4.69, 9.17) is 0 Å². The summed E-state index contributed by atoms with van der Waals surface area (Å²) < 4.78 is 3.02. The van der Waals surface area contributed by atoms with Gasteiger partial charge in [0.15, 0.2) is 5.13 Å². The zero-order valence-electron chi connectivity index (χ0n) is 14.2. The Hall–Kier alpha value is -2.41. The maximum atomic E-state index is 12.3. The normalized spacial score (nSPS) is 11.8. The highest BCUT2D eigenvalue weighted by Gasteiger charge is 2.19. The van der Waals surface area contributed by atoms with Crippen molar-refractivity contribution in [3.63, 3.8) is 0 Å². The molecule has 6 nitrogen and oxygen atoms in total. The van der Waals surface area contributed by atoms with Crippen LogP contribution >= 0.6 is 11.3 Å². The van der Waals surface area contributed by atoms with Gasteiger partial charge < -0.3 is 5.32 Å². The quantitative estimate of drug-likeness (QED) is 0.794. The highest BCUT2D eigenvalue weighted by molar-refractivity contribution is 7.13. The minimum atomic E-state index is -0.261. The molecule has 1 aromatic carbocycles. The fraction of sp³-hybridized carbons (Fsp3) is 0.353. The van der Waals surface area contributed by atoms with Gasteiger partial charge in [-0.25, -0.2) is 9.78 Å². The van der Waals surface area contributed by atoms with Crippen molar-refractivity contribution in [2.45, 2.75) is 32.7 Å². The highest BCUT2D eigenvalue weighted by atomic mass is 32.1.